The van der Waals surface area contributed by atoms with Crippen LogP contribution in [0.2, 0.25) is 0 Å². The number of anilines is 1. The molecule has 4 amide bonds. The number of rotatable bonds is 5. The third kappa shape index (κ3) is 5.07. The molecule has 33 heavy (non-hydrogen) atoms. The Hall–Kier alpha value is -3.23. The highest BCUT2D eigenvalue weighted by molar-refractivity contribution is 9.11. The molecule has 0 spiro atoms. The lowest BCUT2D eigenvalue weighted by molar-refractivity contribution is -0.122. The topological polar surface area (TPSA) is 75.7 Å². The number of amides is 4. The third-order valence-corrected chi connectivity index (χ3v) is 6.13. The normalized spacial score (nSPS) is 15.1. The van der Waals surface area contributed by atoms with Crippen LogP contribution in [0, 0.1) is 6.92 Å². The summed E-state index contributed by atoms with van der Waals surface area (Å²) >= 11 is 6.99. The summed E-state index contributed by atoms with van der Waals surface area (Å²) in [6.45, 7) is 2.28. The highest BCUT2D eigenvalue weighted by Gasteiger charge is 2.36. The molecule has 1 N–H and O–H groups in total. The monoisotopic (exact) mass is 568 g/mol. The van der Waals surface area contributed by atoms with Crippen LogP contribution >= 0.6 is 31.9 Å². The van der Waals surface area contributed by atoms with Crippen molar-refractivity contribution in [1.29, 1.82) is 0 Å². The number of benzene rings is 3. The van der Waals surface area contributed by atoms with Crippen LogP contribution in [-0.2, 0) is 16.2 Å². The lowest BCUT2D eigenvalue weighted by Gasteiger charge is -2.26. The number of urea groups is 1. The van der Waals surface area contributed by atoms with E-state index in [-0.39, 0.29) is 5.57 Å². The maximum Gasteiger partial charge on any atom is 0.335 e. The minimum atomic E-state index is -0.780. The van der Waals surface area contributed by atoms with Gasteiger partial charge >= 0.3 is 6.03 Å². The largest absolute Gasteiger partial charge is 0.487 e. The summed E-state index contributed by atoms with van der Waals surface area (Å²) in [4.78, 5) is 38.8. The molecule has 6 nitrogen and oxygen atoms in total. The molecule has 4 rings (SSSR count). The molecular formula is C25H18Br2N2O4. The van der Waals surface area contributed by atoms with Gasteiger partial charge in [-0.2, -0.15) is 0 Å². The molecule has 8 heteroatoms. The quantitative estimate of drug-likeness (QED) is 0.313. The second-order valence-electron chi connectivity index (χ2n) is 7.38. The first-order valence-corrected chi connectivity index (χ1v) is 11.6. The molecule has 1 heterocycles. The van der Waals surface area contributed by atoms with Crippen molar-refractivity contribution in [3.63, 3.8) is 0 Å². The number of nitrogens with zero attached hydrogens (tertiary/aromatic N) is 1. The van der Waals surface area contributed by atoms with E-state index in [2.05, 4.69) is 37.2 Å². The number of nitrogens with one attached hydrogen (secondary N) is 1. The summed E-state index contributed by atoms with van der Waals surface area (Å²) < 4.78 is 7.22. The van der Waals surface area contributed by atoms with Crippen LogP contribution in [0.1, 0.15) is 16.7 Å². The van der Waals surface area contributed by atoms with Crippen molar-refractivity contribution in [1.82, 2.24) is 5.32 Å². The highest BCUT2D eigenvalue weighted by Crippen LogP contribution is 2.36. The van der Waals surface area contributed by atoms with Gasteiger partial charge in [-0.15, -0.1) is 0 Å². The number of aryl methyl sites for hydroxylation is 1. The van der Waals surface area contributed by atoms with Crippen molar-refractivity contribution >= 4 is 61.5 Å². The van der Waals surface area contributed by atoms with Crippen LogP contribution < -0.4 is 15.0 Å². The Morgan fingerprint density at radius 2 is 1.58 bits per heavy atom. The predicted octanol–water partition coefficient (Wildman–Crippen LogP) is 5.77. The van der Waals surface area contributed by atoms with Crippen molar-refractivity contribution in [2.45, 2.75) is 13.5 Å². The summed E-state index contributed by atoms with van der Waals surface area (Å²) in [6, 6.07) is 19.4. The van der Waals surface area contributed by atoms with Crippen LogP contribution in [-0.4, -0.2) is 17.8 Å². The summed E-state index contributed by atoms with van der Waals surface area (Å²) in [6.07, 6.45) is 1.45. The zero-order valence-electron chi connectivity index (χ0n) is 17.5. The second-order valence-corrected chi connectivity index (χ2v) is 9.09. The smallest absolute Gasteiger partial charge is 0.335 e. The van der Waals surface area contributed by atoms with E-state index < -0.39 is 17.8 Å². The summed E-state index contributed by atoms with van der Waals surface area (Å²) in [7, 11) is 0. The van der Waals surface area contributed by atoms with E-state index in [4.69, 9.17) is 4.74 Å². The van der Waals surface area contributed by atoms with Crippen molar-refractivity contribution < 1.29 is 19.1 Å². The summed E-state index contributed by atoms with van der Waals surface area (Å²) in [5.74, 6) is -0.842. The standard InChI is InChI=1S/C25H18Br2N2O4/c1-15-7-9-18(10-8-15)29-24(31)19(23(30)28-25(29)32)11-17-12-20(26)22(21(27)13-17)33-14-16-5-3-2-4-6-16/h2-13H,14H2,1H3,(H,28,30,32). The zero-order chi connectivity index (χ0) is 23.5. The molecule has 0 saturated carbocycles. The molecule has 1 aliphatic heterocycles. The molecule has 0 radical (unpaired) electrons. The number of ether oxygens (including phenoxy) is 1. The molecule has 1 fully saturated rings. The van der Waals surface area contributed by atoms with Gasteiger partial charge < -0.3 is 4.74 Å². The lowest BCUT2D eigenvalue weighted by Crippen LogP contribution is -2.54. The van der Waals surface area contributed by atoms with Gasteiger partial charge in [0.05, 0.1) is 14.6 Å². The fourth-order valence-electron chi connectivity index (χ4n) is 3.28. The van der Waals surface area contributed by atoms with Crippen LogP contribution in [0.4, 0.5) is 10.5 Å². The Morgan fingerprint density at radius 3 is 2.21 bits per heavy atom. The van der Waals surface area contributed by atoms with Gasteiger partial charge in [-0.25, -0.2) is 9.69 Å². The SMILES string of the molecule is Cc1ccc(N2C(=O)NC(=O)C(=Cc3cc(Br)c(OCc4ccccc4)c(Br)c3)C2=O)cc1. The van der Waals surface area contributed by atoms with E-state index in [9.17, 15) is 14.4 Å². The fraction of sp³-hybridized carbons (Fsp3) is 0.0800. The average Bonchev–Trinajstić information content (AvgIpc) is 2.78. The van der Waals surface area contributed by atoms with Gasteiger partial charge in [0.25, 0.3) is 11.8 Å². The molecule has 1 aliphatic rings. The van der Waals surface area contributed by atoms with Gasteiger partial charge in [0.2, 0.25) is 0 Å². The Balaban J connectivity index is 1.61. The molecule has 0 bridgehead atoms. The van der Waals surface area contributed by atoms with E-state index in [0.717, 1.165) is 16.0 Å². The molecule has 0 aromatic heterocycles. The van der Waals surface area contributed by atoms with Gasteiger partial charge in [-0.3, -0.25) is 14.9 Å². The molecule has 3 aromatic carbocycles. The van der Waals surface area contributed by atoms with E-state index in [0.29, 0.717) is 32.6 Å². The first-order valence-electron chi connectivity index (χ1n) is 9.97. The number of imide groups is 2. The van der Waals surface area contributed by atoms with E-state index in [1.165, 1.54) is 6.08 Å². The number of barbiturate groups is 1. The van der Waals surface area contributed by atoms with Crippen LogP contribution in [0.15, 0.2) is 81.2 Å². The molecule has 0 unspecified atom stereocenters. The third-order valence-electron chi connectivity index (χ3n) is 4.95. The van der Waals surface area contributed by atoms with Gasteiger partial charge in [0.15, 0.2) is 0 Å². The first-order chi connectivity index (χ1) is 15.8. The molecule has 1 saturated heterocycles. The maximum atomic E-state index is 13.1. The van der Waals surface area contributed by atoms with Crippen LogP contribution in [0.25, 0.3) is 6.08 Å². The van der Waals surface area contributed by atoms with Crippen molar-refractivity contribution in [2.24, 2.45) is 0 Å². The number of halogens is 2. The molecular weight excluding hydrogens is 552 g/mol. The summed E-state index contributed by atoms with van der Waals surface area (Å²) in [5.41, 5.74) is 2.82. The van der Waals surface area contributed by atoms with Gasteiger partial charge in [-0.05, 0) is 80.3 Å². The van der Waals surface area contributed by atoms with Gasteiger partial charge in [0, 0.05) is 0 Å². The number of hydrogen-bond acceptors (Lipinski definition) is 4. The van der Waals surface area contributed by atoms with Gasteiger partial charge in [-0.1, -0.05) is 48.0 Å². The Bertz CT molecular complexity index is 1250. The Labute approximate surface area is 207 Å². The van der Waals surface area contributed by atoms with Crippen LogP contribution in [0.3, 0.4) is 0 Å². The molecule has 166 valence electrons. The van der Waals surface area contributed by atoms with Gasteiger partial charge in [0.1, 0.15) is 17.9 Å². The number of hydrogen-bond donors (Lipinski definition) is 1. The summed E-state index contributed by atoms with van der Waals surface area (Å²) in [5, 5.41) is 2.23. The first kappa shape index (κ1) is 22.9. The average molecular weight is 570 g/mol. The minimum absolute atomic E-state index is 0.146. The molecule has 0 aliphatic carbocycles. The van der Waals surface area contributed by atoms with Crippen molar-refractivity contribution in [3.8, 4) is 5.75 Å². The predicted molar refractivity (Wildman–Crippen MR) is 133 cm³/mol. The minimum Gasteiger partial charge on any atom is -0.487 e. The molecule has 0 atom stereocenters. The Morgan fingerprint density at radius 1 is 0.939 bits per heavy atom. The fourth-order valence-corrected chi connectivity index (χ4v) is 4.73. The maximum absolute atomic E-state index is 13.1. The van der Waals surface area contributed by atoms with E-state index in [1.54, 1.807) is 36.4 Å². The van der Waals surface area contributed by atoms with Crippen LogP contribution in [0.5, 0.6) is 5.75 Å². The van der Waals surface area contributed by atoms with Crippen molar-refractivity contribution in [2.75, 3.05) is 4.90 Å². The van der Waals surface area contributed by atoms with E-state index in [1.807, 2.05) is 37.3 Å². The van der Waals surface area contributed by atoms with E-state index >= 15 is 0 Å². The number of carbonyl (C=O) groups excluding carboxylic acids is 3. The second kappa shape index (κ2) is 9.72. The van der Waals surface area contributed by atoms with Crippen molar-refractivity contribution in [3.05, 3.63) is 97.9 Å². The highest BCUT2D eigenvalue weighted by atomic mass is 79.9. The zero-order valence-corrected chi connectivity index (χ0v) is 20.6. The molecule has 3 aromatic rings. The Kier molecular flexibility index (Phi) is 6.76. The lowest BCUT2D eigenvalue weighted by atomic mass is 10.1. The number of carbonyl (C=O) groups is 3.